The standard InChI is InChI=1S/C22H27N3O5/c26-20(23-11-6-13-25-12-3-1-2-10-21(25)27)16-30-18-8-4-7-17(15-18)24-22(28)19-9-5-14-29-19/h4-5,7-9,14-15H,1-3,6,10-13,16H2,(H,23,26)(H,24,28). The molecule has 2 N–H and O–H groups in total. The average Bonchev–Trinajstić information content (AvgIpc) is 3.21. The van der Waals surface area contributed by atoms with Crippen molar-refractivity contribution in [2.45, 2.75) is 32.1 Å². The third kappa shape index (κ3) is 6.65. The van der Waals surface area contributed by atoms with Gasteiger partial charge in [0.1, 0.15) is 5.75 Å². The first kappa shape index (κ1) is 21.4. The Kier molecular flexibility index (Phi) is 7.88. The van der Waals surface area contributed by atoms with Gasteiger partial charge in [0.15, 0.2) is 12.4 Å². The molecule has 0 radical (unpaired) electrons. The molecule has 0 saturated carbocycles. The average molecular weight is 413 g/mol. The number of rotatable bonds is 9. The number of anilines is 1. The molecular weight excluding hydrogens is 386 g/mol. The molecule has 160 valence electrons. The number of amides is 3. The second-order valence-electron chi connectivity index (χ2n) is 7.14. The monoisotopic (exact) mass is 413 g/mol. The zero-order valence-electron chi connectivity index (χ0n) is 16.9. The Labute approximate surface area is 175 Å². The predicted molar refractivity (Wildman–Crippen MR) is 111 cm³/mol. The van der Waals surface area contributed by atoms with Crippen molar-refractivity contribution in [1.82, 2.24) is 10.2 Å². The third-order valence-electron chi connectivity index (χ3n) is 4.81. The summed E-state index contributed by atoms with van der Waals surface area (Å²) in [5.74, 6) is 0.293. The molecule has 3 amide bonds. The van der Waals surface area contributed by atoms with Gasteiger partial charge in [-0.2, -0.15) is 0 Å². The van der Waals surface area contributed by atoms with E-state index in [4.69, 9.17) is 9.15 Å². The van der Waals surface area contributed by atoms with Crippen LogP contribution in [0.3, 0.4) is 0 Å². The normalized spacial score (nSPS) is 14.1. The Hall–Kier alpha value is -3.29. The highest BCUT2D eigenvalue weighted by Gasteiger charge is 2.15. The van der Waals surface area contributed by atoms with E-state index in [1.54, 1.807) is 36.4 Å². The second-order valence-corrected chi connectivity index (χ2v) is 7.14. The second kappa shape index (κ2) is 11.0. The van der Waals surface area contributed by atoms with Crippen LogP contribution in [0, 0.1) is 0 Å². The number of nitrogens with zero attached hydrogens (tertiary/aromatic N) is 1. The van der Waals surface area contributed by atoms with Gasteiger partial charge in [0.25, 0.3) is 11.8 Å². The van der Waals surface area contributed by atoms with Crippen LogP contribution in [0.4, 0.5) is 5.69 Å². The van der Waals surface area contributed by atoms with Crippen molar-refractivity contribution in [3.8, 4) is 5.75 Å². The summed E-state index contributed by atoms with van der Waals surface area (Å²) in [6.45, 7) is 1.84. The maximum absolute atomic E-state index is 12.0. The number of likely N-dealkylation sites (tertiary alicyclic amines) is 1. The summed E-state index contributed by atoms with van der Waals surface area (Å²) in [6, 6.07) is 10.0. The van der Waals surface area contributed by atoms with Crippen molar-refractivity contribution < 1.29 is 23.5 Å². The predicted octanol–water partition coefficient (Wildman–Crippen LogP) is 2.82. The summed E-state index contributed by atoms with van der Waals surface area (Å²) in [7, 11) is 0. The fraction of sp³-hybridized carbons (Fsp3) is 0.409. The summed E-state index contributed by atoms with van der Waals surface area (Å²) in [4.78, 5) is 37.9. The molecule has 0 bridgehead atoms. The van der Waals surface area contributed by atoms with E-state index in [1.807, 2.05) is 4.90 Å². The summed E-state index contributed by atoms with van der Waals surface area (Å²) < 4.78 is 10.6. The molecule has 1 aliphatic rings. The van der Waals surface area contributed by atoms with Crippen LogP contribution in [0.1, 0.15) is 42.7 Å². The van der Waals surface area contributed by atoms with Crippen molar-refractivity contribution in [2.24, 2.45) is 0 Å². The molecule has 8 heteroatoms. The highest BCUT2D eigenvalue weighted by Crippen LogP contribution is 2.18. The minimum absolute atomic E-state index is 0.127. The zero-order chi connectivity index (χ0) is 21.2. The lowest BCUT2D eigenvalue weighted by Gasteiger charge is -2.20. The van der Waals surface area contributed by atoms with Crippen LogP contribution < -0.4 is 15.4 Å². The van der Waals surface area contributed by atoms with Gasteiger partial charge in [-0.3, -0.25) is 14.4 Å². The zero-order valence-corrected chi connectivity index (χ0v) is 16.9. The largest absolute Gasteiger partial charge is 0.484 e. The number of furan rings is 1. The Bertz CT molecular complexity index is 850. The molecule has 0 spiro atoms. The van der Waals surface area contributed by atoms with Gasteiger partial charge in [-0.1, -0.05) is 12.5 Å². The van der Waals surface area contributed by atoms with E-state index in [0.717, 1.165) is 25.8 Å². The topological polar surface area (TPSA) is 101 Å². The summed E-state index contributed by atoms with van der Waals surface area (Å²) >= 11 is 0. The fourth-order valence-corrected chi connectivity index (χ4v) is 3.24. The number of nitrogens with one attached hydrogen (secondary N) is 2. The first-order valence-corrected chi connectivity index (χ1v) is 10.2. The minimum Gasteiger partial charge on any atom is -0.484 e. The summed E-state index contributed by atoms with van der Waals surface area (Å²) in [6.07, 6.45) is 5.89. The first-order valence-electron chi connectivity index (χ1n) is 10.2. The highest BCUT2D eigenvalue weighted by atomic mass is 16.5. The molecule has 0 atom stereocenters. The number of carbonyl (C=O) groups is 3. The molecular formula is C22H27N3O5. The molecule has 0 unspecified atom stereocenters. The fourth-order valence-electron chi connectivity index (χ4n) is 3.24. The van der Waals surface area contributed by atoms with Crippen LogP contribution in [-0.2, 0) is 9.59 Å². The molecule has 1 fully saturated rings. The number of ether oxygens (including phenoxy) is 1. The van der Waals surface area contributed by atoms with Crippen molar-refractivity contribution in [3.05, 3.63) is 48.4 Å². The molecule has 2 heterocycles. The van der Waals surface area contributed by atoms with Gasteiger partial charge in [0.05, 0.1) is 6.26 Å². The van der Waals surface area contributed by atoms with Crippen LogP contribution in [0.2, 0.25) is 0 Å². The van der Waals surface area contributed by atoms with Gasteiger partial charge in [-0.05, 0) is 43.5 Å². The van der Waals surface area contributed by atoms with E-state index in [9.17, 15) is 14.4 Å². The van der Waals surface area contributed by atoms with E-state index >= 15 is 0 Å². The molecule has 2 aromatic rings. The minimum atomic E-state index is -0.363. The van der Waals surface area contributed by atoms with E-state index < -0.39 is 0 Å². The molecule has 1 aromatic heterocycles. The van der Waals surface area contributed by atoms with E-state index in [0.29, 0.717) is 37.4 Å². The molecule has 0 aliphatic carbocycles. The molecule has 1 saturated heterocycles. The van der Waals surface area contributed by atoms with Crippen LogP contribution in [0.15, 0.2) is 47.1 Å². The smallest absolute Gasteiger partial charge is 0.291 e. The highest BCUT2D eigenvalue weighted by molar-refractivity contribution is 6.02. The molecule has 1 aliphatic heterocycles. The lowest BCUT2D eigenvalue weighted by atomic mass is 10.2. The van der Waals surface area contributed by atoms with Gasteiger partial charge in [0.2, 0.25) is 5.91 Å². The Morgan fingerprint density at radius 1 is 1.13 bits per heavy atom. The maximum atomic E-state index is 12.0. The first-order chi connectivity index (χ1) is 14.6. The van der Waals surface area contributed by atoms with Gasteiger partial charge in [-0.25, -0.2) is 0 Å². The van der Waals surface area contributed by atoms with E-state index in [1.165, 1.54) is 6.26 Å². The van der Waals surface area contributed by atoms with Crippen LogP contribution in [0.5, 0.6) is 5.75 Å². The lowest BCUT2D eigenvalue weighted by molar-refractivity contribution is -0.130. The lowest BCUT2D eigenvalue weighted by Crippen LogP contribution is -2.35. The van der Waals surface area contributed by atoms with E-state index in [-0.39, 0.29) is 30.1 Å². The van der Waals surface area contributed by atoms with E-state index in [2.05, 4.69) is 10.6 Å². The van der Waals surface area contributed by atoms with Crippen molar-refractivity contribution in [3.63, 3.8) is 0 Å². The van der Waals surface area contributed by atoms with Crippen LogP contribution in [-0.4, -0.2) is 48.9 Å². The molecule has 8 nitrogen and oxygen atoms in total. The van der Waals surface area contributed by atoms with Gasteiger partial charge < -0.3 is 24.7 Å². The molecule has 1 aromatic carbocycles. The van der Waals surface area contributed by atoms with Gasteiger partial charge in [0, 0.05) is 37.8 Å². The van der Waals surface area contributed by atoms with Crippen LogP contribution in [0.25, 0.3) is 0 Å². The number of hydrogen-bond acceptors (Lipinski definition) is 5. The van der Waals surface area contributed by atoms with Crippen molar-refractivity contribution >= 4 is 23.4 Å². The SMILES string of the molecule is O=C(COc1cccc(NC(=O)c2ccco2)c1)NCCCN1CCCCCC1=O. The van der Waals surface area contributed by atoms with Crippen molar-refractivity contribution in [1.29, 1.82) is 0 Å². The number of hydrogen-bond donors (Lipinski definition) is 2. The quantitative estimate of drug-likeness (QED) is 0.616. The molecule has 30 heavy (non-hydrogen) atoms. The third-order valence-corrected chi connectivity index (χ3v) is 4.81. The molecule has 3 rings (SSSR count). The summed E-state index contributed by atoms with van der Waals surface area (Å²) in [5.41, 5.74) is 0.538. The van der Waals surface area contributed by atoms with Crippen LogP contribution >= 0.6 is 0 Å². The number of carbonyl (C=O) groups excluding carboxylic acids is 3. The Morgan fingerprint density at radius 2 is 2.03 bits per heavy atom. The van der Waals surface area contributed by atoms with Crippen molar-refractivity contribution in [2.75, 3.05) is 31.6 Å². The Morgan fingerprint density at radius 3 is 2.87 bits per heavy atom. The van der Waals surface area contributed by atoms with Gasteiger partial charge >= 0.3 is 0 Å². The maximum Gasteiger partial charge on any atom is 0.291 e. The summed E-state index contributed by atoms with van der Waals surface area (Å²) in [5, 5.41) is 5.51. The Balaban J connectivity index is 1.36. The van der Waals surface area contributed by atoms with Gasteiger partial charge in [-0.15, -0.1) is 0 Å². The number of benzene rings is 1.